The van der Waals surface area contributed by atoms with Gasteiger partial charge in [0.05, 0.1) is 6.54 Å². The van der Waals surface area contributed by atoms with E-state index < -0.39 is 0 Å². The second-order valence-electron chi connectivity index (χ2n) is 5.16. The van der Waals surface area contributed by atoms with Crippen molar-refractivity contribution >= 4 is 5.91 Å². The van der Waals surface area contributed by atoms with E-state index in [-0.39, 0.29) is 18.3 Å². The molecule has 1 aromatic heterocycles. The van der Waals surface area contributed by atoms with Gasteiger partial charge in [-0.05, 0) is 31.2 Å². The first kappa shape index (κ1) is 14.9. The van der Waals surface area contributed by atoms with Crippen LogP contribution in [-0.2, 0) is 6.54 Å². The Kier molecular flexibility index (Phi) is 4.14. The van der Waals surface area contributed by atoms with Crippen molar-refractivity contribution in [2.75, 3.05) is 0 Å². The zero-order chi connectivity index (χ0) is 16.2. The highest BCUT2D eigenvalue weighted by Crippen LogP contribution is 2.15. The minimum atomic E-state index is -0.375. The van der Waals surface area contributed by atoms with Gasteiger partial charge >= 0.3 is 0 Å². The largest absolute Gasteiger partial charge is 0.345 e. The van der Waals surface area contributed by atoms with Crippen LogP contribution in [0.2, 0.25) is 0 Å². The molecule has 116 valence electrons. The lowest BCUT2D eigenvalue weighted by Crippen LogP contribution is -2.23. The molecule has 0 aliphatic rings. The quantitative estimate of drug-likeness (QED) is 0.778. The van der Waals surface area contributed by atoms with Crippen molar-refractivity contribution in [2.45, 2.75) is 13.5 Å². The fraction of sp³-hybridized carbons (Fsp3) is 0.118. The van der Waals surface area contributed by atoms with Gasteiger partial charge in [0, 0.05) is 11.1 Å². The number of rotatable bonds is 4. The summed E-state index contributed by atoms with van der Waals surface area (Å²) in [4.78, 5) is 16.3. The molecule has 0 aliphatic heterocycles. The van der Waals surface area contributed by atoms with Gasteiger partial charge in [-0.3, -0.25) is 9.89 Å². The van der Waals surface area contributed by atoms with Crippen molar-refractivity contribution in [1.29, 1.82) is 0 Å². The van der Waals surface area contributed by atoms with Crippen molar-refractivity contribution in [3.63, 3.8) is 0 Å². The van der Waals surface area contributed by atoms with E-state index in [1.54, 1.807) is 0 Å². The summed E-state index contributed by atoms with van der Waals surface area (Å²) < 4.78 is 12.8. The maximum absolute atomic E-state index is 12.8. The molecule has 5 nitrogen and oxygen atoms in total. The molecule has 0 aliphatic carbocycles. The standard InChI is InChI=1S/C17H15FN4O/c1-11-2-4-12(5-3-11)16-20-15(21-22-16)10-19-17(23)13-6-8-14(18)9-7-13/h2-9H,10H2,1H3,(H,19,23)(H,20,21,22). The van der Waals surface area contributed by atoms with Crippen LogP contribution in [-0.4, -0.2) is 21.1 Å². The third-order valence-corrected chi connectivity index (χ3v) is 3.36. The van der Waals surface area contributed by atoms with Crippen molar-refractivity contribution in [1.82, 2.24) is 20.5 Å². The Morgan fingerprint density at radius 2 is 1.83 bits per heavy atom. The number of nitrogens with one attached hydrogen (secondary N) is 2. The zero-order valence-electron chi connectivity index (χ0n) is 12.5. The first-order chi connectivity index (χ1) is 11.1. The van der Waals surface area contributed by atoms with Crippen LogP contribution in [0.5, 0.6) is 0 Å². The van der Waals surface area contributed by atoms with Crippen molar-refractivity contribution in [2.24, 2.45) is 0 Å². The fourth-order valence-electron chi connectivity index (χ4n) is 2.07. The second-order valence-corrected chi connectivity index (χ2v) is 5.16. The molecule has 0 saturated carbocycles. The van der Waals surface area contributed by atoms with Gasteiger partial charge in [0.1, 0.15) is 11.6 Å². The third-order valence-electron chi connectivity index (χ3n) is 3.36. The van der Waals surface area contributed by atoms with Crippen molar-refractivity contribution in [3.05, 3.63) is 71.3 Å². The van der Waals surface area contributed by atoms with E-state index in [1.165, 1.54) is 24.3 Å². The number of aryl methyl sites for hydroxylation is 1. The molecule has 0 unspecified atom stereocenters. The maximum Gasteiger partial charge on any atom is 0.251 e. The number of aromatic nitrogens is 3. The molecule has 2 N–H and O–H groups in total. The summed E-state index contributed by atoms with van der Waals surface area (Å²) in [6.07, 6.45) is 0. The molecule has 0 fully saturated rings. The summed E-state index contributed by atoms with van der Waals surface area (Å²) in [7, 11) is 0. The molecule has 0 bridgehead atoms. The number of amides is 1. The molecular weight excluding hydrogens is 295 g/mol. The molecule has 0 radical (unpaired) electrons. The van der Waals surface area contributed by atoms with Crippen LogP contribution in [0.4, 0.5) is 4.39 Å². The number of halogens is 1. The van der Waals surface area contributed by atoms with Gasteiger partial charge < -0.3 is 5.32 Å². The minimum Gasteiger partial charge on any atom is -0.345 e. The molecule has 0 atom stereocenters. The lowest BCUT2D eigenvalue weighted by molar-refractivity contribution is 0.0950. The lowest BCUT2D eigenvalue weighted by atomic mass is 10.1. The fourth-order valence-corrected chi connectivity index (χ4v) is 2.07. The Morgan fingerprint density at radius 3 is 2.52 bits per heavy atom. The summed E-state index contributed by atoms with van der Waals surface area (Å²) in [6, 6.07) is 13.2. The summed E-state index contributed by atoms with van der Waals surface area (Å²) in [5.41, 5.74) is 2.46. The van der Waals surface area contributed by atoms with Crippen LogP contribution in [0.3, 0.4) is 0 Å². The molecule has 2 aromatic carbocycles. The van der Waals surface area contributed by atoms with E-state index in [0.717, 1.165) is 11.1 Å². The van der Waals surface area contributed by atoms with Crippen LogP contribution in [0.1, 0.15) is 21.7 Å². The highest BCUT2D eigenvalue weighted by Gasteiger charge is 2.09. The van der Waals surface area contributed by atoms with Gasteiger partial charge in [0.25, 0.3) is 5.91 Å². The van der Waals surface area contributed by atoms with Crippen LogP contribution in [0.25, 0.3) is 11.4 Å². The smallest absolute Gasteiger partial charge is 0.251 e. The van der Waals surface area contributed by atoms with Gasteiger partial charge in [-0.2, -0.15) is 5.10 Å². The maximum atomic E-state index is 12.8. The average molecular weight is 310 g/mol. The Labute approximate surface area is 132 Å². The topological polar surface area (TPSA) is 70.7 Å². The molecular formula is C17H15FN4O. The number of hydrogen-bond acceptors (Lipinski definition) is 3. The van der Waals surface area contributed by atoms with E-state index >= 15 is 0 Å². The Morgan fingerprint density at radius 1 is 1.13 bits per heavy atom. The van der Waals surface area contributed by atoms with Crippen LogP contribution >= 0.6 is 0 Å². The highest BCUT2D eigenvalue weighted by molar-refractivity contribution is 5.94. The number of carbonyl (C=O) groups excluding carboxylic acids is 1. The van der Waals surface area contributed by atoms with Gasteiger partial charge in [-0.25, -0.2) is 9.37 Å². The molecule has 23 heavy (non-hydrogen) atoms. The lowest BCUT2D eigenvalue weighted by Gasteiger charge is -2.02. The average Bonchev–Trinajstić information content (AvgIpc) is 3.03. The Hall–Kier alpha value is -3.02. The summed E-state index contributed by atoms with van der Waals surface area (Å²) in [6.45, 7) is 2.23. The molecule has 3 rings (SSSR count). The number of hydrogen-bond donors (Lipinski definition) is 2. The van der Waals surface area contributed by atoms with E-state index in [0.29, 0.717) is 17.2 Å². The van der Waals surface area contributed by atoms with Gasteiger partial charge in [0.15, 0.2) is 5.82 Å². The monoisotopic (exact) mass is 310 g/mol. The van der Waals surface area contributed by atoms with E-state index in [2.05, 4.69) is 20.5 Å². The molecule has 1 heterocycles. The van der Waals surface area contributed by atoms with Gasteiger partial charge in [-0.1, -0.05) is 29.8 Å². The number of benzene rings is 2. The van der Waals surface area contributed by atoms with Crippen molar-refractivity contribution in [3.8, 4) is 11.4 Å². The van der Waals surface area contributed by atoms with E-state index in [1.807, 2.05) is 31.2 Å². The Balaban J connectivity index is 1.64. The van der Waals surface area contributed by atoms with E-state index in [4.69, 9.17) is 0 Å². The summed E-state index contributed by atoms with van der Waals surface area (Å²) >= 11 is 0. The molecule has 0 saturated heterocycles. The predicted molar refractivity (Wildman–Crippen MR) is 84.1 cm³/mol. The number of carbonyl (C=O) groups is 1. The van der Waals surface area contributed by atoms with Crippen molar-refractivity contribution < 1.29 is 9.18 Å². The molecule has 1 amide bonds. The van der Waals surface area contributed by atoms with E-state index in [9.17, 15) is 9.18 Å². The van der Waals surface area contributed by atoms with Crippen LogP contribution < -0.4 is 5.32 Å². The van der Waals surface area contributed by atoms with Gasteiger partial charge in [-0.15, -0.1) is 0 Å². The normalized spacial score (nSPS) is 10.5. The predicted octanol–water partition coefficient (Wildman–Crippen LogP) is 2.85. The highest BCUT2D eigenvalue weighted by atomic mass is 19.1. The molecule has 3 aromatic rings. The zero-order valence-corrected chi connectivity index (χ0v) is 12.5. The second kappa shape index (κ2) is 6.39. The summed E-state index contributed by atoms with van der Waals surface area (Å²) in [5, 5.41) is 9.65. The number of aromatic amines is 1. The molecule has 0 spiro atoms. The number of nitrogens with zero attached hydrogens (tertiary/aromatic N) is 2. The minimum absolute atomic E-state index is 0.217. The first-order valence-electron chi connectivity index (χ1n) is 7.14. The summed E-state index contributed by atoms with van der Waals surface area (Å²) in [5.74, 6) is 0.463. The SMILES string of the molecule is Cc1ccc(-c2n[nH]c(CNC(=O)c3ccc(F)cc3)n2)cc1. The van der Waals surface area contributed by atoms with Crippen LogP contribution in [0.15, 0.2) is 48.5 Å². The first-order valence-corrected chi connectivity index (χ1v) is 7.14. The third kappa shape index (κ3) is 3.60. The van der Waals surface area contributed by atoms with Crippen LogP contribution in [0, 0.1) is 12.7 Å². The molecule has 6 heteroatoms. The number of H-pyrrole nitrogens is 1. The Bertz CT molecular complexity index is 809. The van der Waals surface area contributed by atoms with Gasteiger partial charge in [0.2, 0.25) is 0 Å².